The van der Waals surface area contributed by atoms with E-state index in [-0.39, 0.29) is 0 Å². The van der Waals surface area contributed by atoms with Crippen molar-refractivity contribution >= 4 is 11.3 Å². The summed E-state index contributed by atoms with van der Waals surface area (Å²) in [4.78, 5) is 7.10. The Balaban J connectivity index is 1.77. The molecule has 2 atom stereocenters. The second-order valence-electron chi connectivity index (χ2n) is 5.07. The van der Waals surface area contributed by atoms with Gasteiger partial charge in [0.15, 0.2) is 0 Å². The summed E-state index contributed by atoms with van der Waals surface area (Å²) >= 11 is 1.76. The number of nitrogens with one attached hydrogen (secondary N) is 1. The van der Waals surface area contributed by atoms with E-state index < -0.39 is 0 Å². The molecule has 2 unspecified atom stereocenters. The van der Waals surface area contributed by atoms with Gasteiger partial charge in [-0.25, -0.2) is 4.98 Å². The van der Waals surface area contributed by atoms with Crippen molar-refractivity contribution in [2.45, 2.75) is 32.7 Å². The summed E-state index contributed by atoms with van der Waals surface area (Å²) in [7, 11) is 2.08. The van der Waals surface area contributed by atoms with Crippen LogP contribution in [-0.2, 0) is 6.42 Å². The van der Waals surface area contributed by atoms with Crippen molar-refractivity contribution in [3.05, 3.63) is 16.1 Å². The lowest BCUT2D eigenvalue weighted by atomic mass is 9.94. The molecule has 1 saturated heterocycles. The summed E-state index contributed by atoms with van der Waals surface area (Å²) in [5.41, 5.74) is 1.26. The van der Waals surface area contributed by atoms with E-state index in [1.54, 1.807) is 11.3 Å². The van der Waals surface area contributed by atoms with Gasteiger partial charge in [0.2, 0.25) is 0 Å². The monoisotopic (exact) mass is 253 g/mol. The number of likely N-dealkylation sites (tertiary alicyclic amines) is 1. The van der Waals surface area contributed by atoms with Crippen LogP contribution in [0.1, 0.15) is 24.0 Å². The van der Waals surface area contributed by atoms with Crippen molar-refractivity contribution in [3.8, 4) is 0 Å². The Morgan fingerprint density at radius 3 is 3.00 bits per heavy atom. The Kier molecular flexibility index (Phi) is 4.54. The number of aryl methyl sites for hydroxylation is 1. The molecule has 3 nitrogen and oxygen atoms in total. The van der Waals surface area contributed by atoms with Crippen LogP contribution in [0.3, 0.4) is 0 Å². The Morgan fingerprint density at radius 2 is 2.41 bits per heavy atom. The minimum Gasteiger partial charge on any atom is -0.317 e. The SMILES string of the molecule is CNC1CCN(CCc2csc(C)n2)CC1C. The van der Waals surface area contributed by atoms with Gasteiger partial charge in [0.25, 0.3) is 0 Å². The molecule has 1 fully saturated rings. The van der Waals surface area contributed by atoms with Crippen LogP contribution in [0.15, 0.2) is 5.38 Å². The molecule has 4 heteroatoms. The first-order chi connectivity index (χ1) is 8.19. The van der Waals surface area contributed by atoms with Gasteiger partial charge in [-0.15, -0.1) is 11.3 Å². The van der Waals surface area contributed by atoms with Crippen LogP contribution in [0.4, 0.5) is 0 Å². The number of piperidine rings is 1. The molecule has 1 aliphatic heterocycles. The molecule has 0 radical (unpaired) electrons. The second-order valence-corrected chi connectivity index (χ2v) is 6.13. The lowest BCUT2D eigenvalue weighted by molar-refractivity contribution is 0.152. The molecule has 1 aliphatic rings. The zero-order valence-electron chi connectivity index (χ0n) is 11.1. The molecule has 2 rings (SSSR count). The average molecular weight is 253 g/mol. The van der Waals surface area contributed by atoms with Crippen molar-refractivity contribution in [1.82, 2.24) is 15.2 Å². The number of thiazole rings is 1. The molecule has 2 heterocycles. The summed E-state index contributed by atoms with van der Waals surface area (Å²) in [6.45, 7) is 8.02. The molecular formula is C13H23N3S. The maximum atomic E-state index is 4.52. The number of aromatic nitrogens is 1. The summed E-state index contributed by atoms with van der Waals surface area (Å²) < 4.78 is 0. The van der Waals surface area contributed by atoms with Crippen LogP contribution in [-0.4, -0.2) is 42.6 Å². The largest absolute Gasteiger partial charge is 0.317 e. The normalized spacial score (nSPS) is 26.3. The van der Waals surface area contributed by atoms with Gasteiger partial charge >= 0.3 is 0 Å². The highest BCUT2D eigenvalue weighted by Crippen LogP contribution is 2.17. The molecule has 96 valence electrons. The Hall–Kier alpha value is -0.450. The van der Waals surface area contributed by atoms with E-state index in [9.17, 15) is 0 Å². The number of rotatable bonds is 4. The van der Waals surface area contributed by atoms with E-state index >= 15 is 0 Å². The number of nitrogens with zero attached hydrogens (tertiary/aromatic N) is 2. The minimum atomic E-state index is 0.702. The third-order valence-electron chi connectivity index (χ3n) is 3.71. The fourth-order valence-electron chi connectivity index (χ4n) is 2.66. The smallest absolute Gasteiger partial charge is 0.0897 e. The Bertz CT molecular complexity index is 350. The van der Waals surface area contributed by atoms with Crippen molar-refractivity contribution in [2.24, 2.45) is 5.92 Å². The summed E-state index contributed by atoms with van der Waals surface area (Å²) in [5.74, 6) is 0.755. The molecule has 1 N–H and O–H groups in total. The van der Waals surface area contributed by atoms with Crippen molar-refractivity contribution in [3.63, 3.8) is 0 Å². The van der Waals surface area contributed by atoms with E-state index in [0.29, 0.717) is 6.04 Å². The maximum Gasteiger partial charge on any atom is 0.0897 e. The number of hydrogen-bond donors (Lipinski definition) is 1. The zero-order chi connectivity index (χ0) is 12.3. The molecule has 0 bridgehead atoms. The van der Waals surface area contributed by atoms with Gasteiger partial charge in [-0.3, -0.25) is 0 Å². The first-order valence-electron chi connectivity index (χ1n) is 6.49. The molecule has 1 aromatic heterocycles. The van der Waals surface area contributed by atoms with Crippen LogP contribution < -0.4 is 5.32 Å². The van der Waals surface area contributed by atoms with Gasteiger partial charge in [-0.2, -0.15) is 0 Å². The molecule has 0 saturated carbocycles. The van der Waals surface area contributed by atoms with Gasteiger partial charge < -0.3 is 10.2 Å². The van der Waals surface area contributed by atoms with Gasteiger partial charge in [0.1, 0.15) is 0 Å². The van der Waals surface area contributed by atoms with Crippen molar-refractivity contribution < 1.29 is 0 Å². The Morgan fingerprint density at radius 1 is 1.59 bits per heavy atom. The van der Waals surface area contributed by atoms with Crippen LogP contribution in [0, 0.1) is 12.8 Å². The van der Waals surface area contributed by atoms with E-state index in [1.807, 2.05) is 0 Å². The lowest BCUT2D eigenvalue weighted by Gasteiger charge is -2.36. The maximum absolute atomic E-state index is 4.52. The van der Waals surface area contributed by atoms with Crippen LogP contribution in [0.5, 0.6) is 0 Å². The Labute approximate surface area is 108 Å². The highest BCUT2D eigenvalue weighted by Gasteiger charge is 2.24. The molecule has 17 heavy (non-hydrogen) atoms. The average Bonchev–Trinajstić information content (AvgIpc) is 2.73. The van der Waals surface area contributed by atoms with Gasteiger partial charge in [-0.05, 0) is 32.9 Å². The topological polar surface area (TPSA) is 28.2 Å². The summed E-state index contributed by atoms with van der Waals surface area (Å²) in [5, 5.41) is 6.79. The molecule has 1 aromatic rings. The fourth-order valence-corrected chi connectivity index (χ4v) is 3.31. The standard InChI is InChI=1S/C13H23N3S/c1-10-8-16(7-5-13(10)14-3)6-4-12-9-17-11(2)15-12/h9-10,13-14H,4-8H2,1-3H3. The molecular weight excluding hydrogens is 230 g/mol. The second kappa shape index (κ2) is 5.94. The van der Waals surface area contributed by atoms with E-state index in [1.165, 1.54) is 30.2 Å². The first-order valence-corrected chi connectivity index (χ1v) is 7.37. The van der Waals surface area contributed by atoms with E-state index in [0.717, 1.165) is 18.9 Å². The summed E-state index contributed by atoms with van der Waals surface area (Å²) in [6.07, 6.45) is 2.37. The highest BCUT2D eigenvalue weighted by molar-refractivity contribution is 7.09. The summed E-state index contributed by atoms with van der Waals surface area (Å²) in [6, 6.07) is 0.702. The van der Waals surface area contributed by atoms with E-state index in [4.69, 9.17) is 0 Å². The van der Waals surface area contributed by atoms with Crippen LogP contribution in [0.2, 0.25) is 0 Å². The lowest BCUT2D eigenvalue weighted by Crippen LogP contribution is -2.47. The van der Waals surface area contributed by atoms with Crippen LogP contribution in [0.25, 0.3) is 0 Å². The quantitative estimate of drug-likeness (QED) is 0.888. The highest BCUT2D eigenvalue weighted by atomic mass is 32.1. The van der Waals surface area contributed by atoms with Crippen LogP contribution >= 0.6 is 11.3 Å². The van der Waals surface area contributed by atoms with Crippen molar-refractivity contribution in [2.75, 3.05) is 26.7 Å². The minimum absolute atomic E-state index is 0.702. The van der Waals surface area contributed by atoms with Crippen molar-refractivity contribution in [1.29, 1.82) is 0 Å². The van der Waals surface area contributed by atoms with Gasteiger partial charge in [0, 0.05) is 30.9 Å². The van der Waals surface area contributed by atoms with Gasteiger partial charge in [-0.1, -0.05) is 6.92 Å². The predicted molar refractivity (Wildman–Crippen MR) is 73.6 cm³/mol. The number of hydrogen-bond acceptors (Lipinski definition) is 4. The fraction of sp³-hybridized carbons (Fsp3) is 0.769. The molecule has 0 aromatic carbocycles. The van der Waals surface area contributed by atoms with E-state index in [2.05, 4.69) is 41.5 Å². The third-order valence-corrected chi connectivity index (χ3v) is 4.53. The first kappa shape index (κ1) is 13.0. The predicted octanol–water partition coefficient (Wildman–Crippen LogP) is 1.92. The zero-order valence-corrected chi connectivity index (χ0v) is 11.9. The molecule has 0 aliphatic carbocycles. The molecule has 0 spiro atoms. The third kappa shape index (κ3) is 3.50. The molecule has 0 amide bonds. The van der Waals surface area contributed by atoms with Gasteiger partial charge in [0.05, 0.1) is 10.7 Å².